The Morgan fingerprint density at radius 3 is 2.59 bits per heavy atom. The number of hydrogen-bond donors (Lipinski definition) is 3. The van der Waals surface area contributed by atoms with Gasteiger partial charge in [-0.3, -0.25) is 5.32 Å². The van der Waals surface area contributed by atoms with Crippen molar-refractivity contribution < 1.29 is 9.53 Å². The number of nitrogens with two attached hydrogens (primary N) is 1. The summed E-state index contributed by atoms with van der Waals surface area (Å²) in [5.74, 6) is 3.37. The topological polar surface area (TPSA) is 102 Å². The number of amides is 1. The van der Waals surface area contributed by atoms with Crippen LogP contribution < -0.4 is 16.4 Å². The lowest BCUT2D eigenvalue weighted by molar-refractivity contribution is -0.0127. The Kier molecular flexibility index (Phi) is 3.81. The van der Waals surface area contributed by atoms with Gasteiger partial charge >= 0.3 is 6.09 Å². The highest BCUT2D eigenvalue weighted by atomic mass is 16.5. The first kappa shape index (κ1) is 16.8. The summed E-state index contributed by atoms with van der Waals surface area (Å²) < 4.78 is 4.91. The van der Waals surface area contributed by atoms with Crippen molar-refractivity contribution in [2.75, 3.05) is 29.5 Å². The van der Waals surface area contributed by atoms with Gasteiger partial charge in [-0.15, -0.1) is 0 Å². The molecule has 1 amide bonds. The highest BCUT2D eigenvalue weighted by Crippen LogP contribution is 2.61. The van der Waals surface area contributed by atoms with E-state index in [1.807, 2.05) is 0 Å². The number of carbonyl (C=O) groups excluding carboxylic acids is 1. The molecule has 6 rings (SSSR count). The number of pyridine rings is 1. The van der Waals surface area contributed by atoms with E-state index in [0.29, 0.717) is 23.9 Å². The fourth-order valence-corrected chi connectivity index (χ4v) is 6.27. The molecule has 5 aliphatic rings. The Bertz CT molecular complexity index is 784. The molecule has 4 bridgehead atoms. The molecule has 4 aliphatic carbocycles. The lowest BCUT2D eigenvalue weighted by Gasteiger charge is -2.57. The van der Waals surface area contributed by atoms with Crippen LogP contribution in [0.1, 0.15) is 45.4 Å². The third-order valence-corrected chi connectivity index (χ3v) is 6.87. The van der Waals surface area contributed by atoms with Crippen LogP contribution in [0.25, 0.3) is 0 Å². The number of fused-ring (bicyclic) bond motifs is 1. The predicted molar refractivity (Wildman–Crippen MR) is 105 cm³/mol. The van der Waals surface area contributed by atoms with Crippen LogP contribution in [-0.2, 0) is 4.74 Å². The van der Waals surface area contributed by atoms with Gasteiger partial charge in [0.15, 0.2) is 5.82 Å². The highest BCUT2D eigenvalue weighted by Gasteiger charge is 2.53. The van der Waals surface area contributed by atoms with E-state index in [1.165, 1.54) is 44.2 Å². The molecule has 0 spiro atoms. The van der Waals surface area contributed by atoms with Gasteiger partial charge in [0, 0.05) is 17.2 Å². The van der Waals surface area contributed by atoms with E-state index < -0.39 is 6.09 Å². The lowest BCUT2D eigenvalue weighted by Crippen LogP contribution is -2.51. The summed E-state index contributed by atoms with van der Waals surface area (Å²) in [5, 5.41) is 6.09. The standard InChI is InChI=1S/C20H27N5O2/c1-2-27-19(26)25-16-6-14-17(18(21)24-16)23-15(10-22-14)20-7-11-3-12(8-20)5-13(4-11)9-20/h6,11-13,22H,2-5,7-10H2,1H3,(H3,21,24,25,26). The second-order valence-electron chi connectivity index (χ2n) is 8.74. The van der Waals surface area contributed by atoms with Gasteiger partial charge in [0.2, 0.25) is 0 Å². The van der Waals surface area contributed by atoms with Crippen molar-refractivity contribution in [3.8, 4) is 0 Å². The normalized spacial score (nSPS) is 33.1. The van der Waals surface area contributed by atoms with Gasteiger partial charge in [-0.2, -0.15) is 0 Å². The van der Waals surface area contributed by atoms with Crippen LogP contribution in [0, 0.1) is 23.2 Å². The van der Waals surface area contributed by atoms with Crippen molar-refractivity contribution in [1.82, 2.24) is 4.98 Å². The average Bonchev–Trinajstić information content (AvgIpc) is 2.60. The van der Waals surface area contributed by atoms with Gasteiger partial charge < -0.3 is 15.8 Å². The van der Waals surface area contributed by atoms with E-state index in [4.69, 9.17) is 15.5 Å². The van der Waals surface area contributed by atoms with Gasteiger partial charge in [-0.05, 0) is 63.2 Å². The van der Waals surface area contributed by atoms with Crippen LogP contribution in [-0.4, -0.2) is 29.9 Å². The smallest absolute Gasteiger partial charge is 0.412 e. The second-order valence-corrected chi connectivity index (χ2v) is 8.74. The molecule has 1 aromatic rings. The zero-order valence-electron chi connectivity index (χ0n) is 15.8. The third-order valence-electron chi connectivity index (χ3n) is 6.87. The van der Waals surface area contributed by atoms with Crippen molar-refractivity contribution in [1.29, 1.82) is 0 Å². The van der Waals surface area contributed by atoms with Gasteiger partial charge in [-0.25, -0.2) is 14.8 Å². The largest absolute Gasteiger partial charge is 0.450 e. The van der Waals surface area contributed by atoms with Crippen molar-refractivity contribution in [3.05, 3.63) is 6.07 Å². The summed E-state index contributed by atoms with van der Waals surface area (Å²) in [4.78, 5) is 21.0. The number of ether oxygens (including phenoxy) is 1. The van der Waals surface area contributed by atoms with Crippen molar-refractivity contribution in [2.24, 2.45) is 28.2 Å². The van der Waals surface area contributed by atoms with Gasteiger partial charge in [-0.1, -0.05) is 0 Å². The molecule has 4 fully saturated rings. The molecule has 144 valence electrons. The molecule has 1 aromatic heterocycles. The highest BCUT2D eigenvalue weighted by molar-refractivity contribution is 6.02. The molecule has 7 heteroatoms. The maximum atomic E-state index is 11.6. The van der Waals surface area contributed by atoms with Crippen LogP contribution in [0.3, 0.4) is 0 Å². The maximum Gasteiger partial charge on any atom is 0.412 e. The molecule has 2 heterocycles. The van der Waals surface area contributed by atoms with E-state index in [-0.39, 0.29) is 5.41 Å². The van der Waals surface area contributed by atoms with Crippen LogP contribution in [0.2, 0.25) is 0 Å². The van der Waals surface area contributed by atoms with Crippen LogP contribution in [0.5, 0.6) is 0 Å². The number of rotatable bonds is 3. The molecule has 7 nitrogen and oxygen atoms in total. The number of nitrogen functional groups attached to an aromatic ring is 1. The molecule has 4 N–H and O–H groups in total. The molecule has 0 saturated heterocycles. The van der Waals surface area contributed by atoms with Gasteiger partial charge in [0.25, 0.3) is 0 Å². The first-order valence-corrected chi connectivity index (χ1v) is 10.1. The Labute approximate surface area is 159 Å². The number of carbonyl (C=O) groups is 1. The van der Waals surface area contributed by atoms with Crippen LogP contribution in [0.15, 0.2) is 11.1 Å². The average molecular weight is 369 g/mol. The van der Waals surface area contributed by atoms with E-state index in [1.54, 1.807) is 13.0 Å². The molecule has 0 radical (unpaired) electrons. The molecular formula is C20H27N5O2. The number of aliphatic imine (C=N–C) groups is 1. The summed E-state index contributed by atoms with van der Waals surface area (Å²) in [6.45, 7) is 2.82. The predicted octanol–water partition coefficient (Wildman–Crippen LogP) is 3.95. The monoisotopic (exact) mass is 369 g/mol. The maximum absolute atomic E-state index is 11.6. The fraction of sp³-hybridized carbons (Fsp3) is 0.650. The summed E-state index contributed by atoms with van der Waals surface area (Å²) >= 11 is 0. The molecule has 27 heavy (non-hydrogen) atoms. The SMILES string of the molecule is CCOC(=O)Nc1cc2c(c(N)n1)N=C(C13CC4CC(CC(C4)C1)C3)CN2. The molecule has 0 unspecified atom stereocenters. The minimum atomic E-state index is -0.530. The van der Waals surface area contributed by atoms with Crippen LogP contribution in [0.4, 0.5) is 27.8 Å². The minimum Gasteiger partial charge on any atom is -0.450 e. The Balaban J connectivity index is 1.44. The van der Waals surface area contributed by atoms with E-state index >= 15 is 0 Å². The summed E-state index contributed by atoms with van der Waals surface area (Å²) in [5.41, 5.74) is 9.24. The number of nitrogens with one attached hydrogen (secondary N) is 2. The first-order chi connectivity index (χ1) is 13.0. The van der Waals surface area contributed by atoms with E-state index in [2.05, 4.69) is 15.6 Å². The minimum absolute atomic E-state index is 0.258. The molecule has 1 aliphatic heterocycles. The Morgan fingerprint density at radius 2 is 1.96 bits per heavy atom. The molecule has 4 saturated carbocycles. The summed E-state index contributed by atoms with van der Waals surface area (Å²) in [6.07, 6.45) is 7.58. The number of nitrogens with zero attached hydrogens (tertiary/aromatic N) is 2. The number of hydrogen-bond acceptors (Lipinski definition) is 6. The van der Waals surface area contributed by atoms with E-state index in [0.717, 1.165) is 30.0 Å². The molecule has 0 atom stereocenters. The Hall–Kier alpha value is -2.31. The zero-order valence-corrected chi connectivity index (χ0v) is 15.8. The Morgan fingerprint density at radius 1 is 1.30 bits per heavy atom. The van der Waals surface area contributed by atoms with Crippen molar-refractivity contribution in [2.45, 2.75) is 45.4 Å². The second kappa shape index (κ2) is 6.11. The molecule has 0 aromatic carbocycles. The van der Waals surface area contributed by atoms with Crippen molar-refractivity contribution in [3.63, 3.8) is 0 Å². The third kappa shape index (κ3) is 2.84. The summed E-state index contributed by atoms with van der Waals surface area (Å²) in [6, 6.07) is 1.78. The quantitative estimate of drug-likeness (QED) is 0.749. The summed E-state index contributed by atoms with van der Waals surface area (Å²) in [7, 11) is 0. The van der Waals surface area contributed by atoms with Gasteiger partial charge in [0.1, 0.15) is 11.5 Å². The number of anilines is 3. The van der Waals surface area contributed by atoms with Crippen LogP contribution >= 0.6 is 0 Å². The zero-order chi connectivity index (χ0) is 18.6. The first-order valence-electron chi connectivity index (χ1n) is 10.1. The lowest BCUT2D eigenvalue weighted by atomic mass is 9.48. The fourth-order valence-electron chi connectivity index (χ4n) is 6.27. The van der Waals surface area contributed by atoms with Gasteiger partial charge in [0.05, 0.1) is 18.8 Å². The van der Waals surface area contributed by atoms with E-state index in [9.17, 15) is 4.79 Å². The molecular weight excluding hydrogens is 342 g/mol. The number of aromatic nitrogens is 1. The van der Waals surface area contributed by atoms with Crippen molar-refractivity contribution >= 4 is 34.8 Å².